The van der Waals surface area contributed by atoms with Gasteiger partial charge >= 0.3 is 0 Å². The summed E-state index contributed by atoms with van der Waals surface area (Å²) in [5, 5.41) is 7.72. The molecule has 5 aliphatic rings. The smallest absolute Gasteiger partial charge is 0.259 e. The third-order valence-corrected chi connectivity index (χ3v) is 12.8. The molecular formula is C37H47N5O6S. The Morgan fingerprint density at radius 2 is 1.90 bits per heavy atom. The van der Waals surface area contributed by atoms with Crippen molar-refractivity contribution in [2.45, 2.75) is 106 Å². The molecule has 1 aromatic heterocycles. The zero-order valence-corrected chi connectivity index (χ0v) is 28.8. The van der Waals surface area contributed by atoms with Gasteiger partial charge in [-0.2, -0.15) is 0 Å². The van der Waals surface area contributed by atoms with Crippen molar-refractivity contribution < 1.29 is 27.5 Å². The van der Waals surface area contributed by atoms with Crippen LogP contribution >= 0.6 is 0 Å². The number of hydrogen-bond acceptors (Lipinski definition) is 8. The minimum atomic E-state index is -3.83. The summed E-state index contributed by atoms with van der Waals surface area (Å²) in [4.78, 5) is 48.5. The number of ether oxygens (including phenoxy) is 1. The fourth-order valence-electron chi connectivity index (χ4n) is 7.87. The number of benzene rings is 1. The predicted octanol–water partition coefficient (Wildman–Crippen LogP) is 3.99. The number of carbonyl (C=O) groups is 3. The molecule has 3 aliphatic carbocycles. The first-order chi connectivity index (χ1) is 23.7. The third kappa shape index (κ3) is 7.12. The van der Waals surface area contributed by atoms with Crippen LogP contribution in [0.4, 0.5) is 0 Å². The molecule has 262 valence electrons. The number of fused-ring (bicyclic) bond motifs is 3. The van der Waals surface area contributed by atoms with Crippen LogP contribution in [0.1, 0.15) is 82.6 Å². The molecule has 3 saturated carbocycles. The summed E-state index contributed by atoms with van der Waals surface area (Å²) in [6.45, 7) is 4.70. The lowest BCUT2D eigenvalue weighted by Gasteiger charge is -2.32. The standard InChI is InChI=1S/C37H47N5O6S/c1-2-27-22-37(27,36(45)41-49(46,47)29-15-16-29)40-33(43)31-21-28-23-42(31)35(44)32(26-11-7-8-12-26)38-18-9-5-3-4-6-10-24-13-14-25-17-19-39-34(48-28)30(25)20-24/h2,6,10,13-14,17,19-20,26-29,31-32,38H,1,3-5,7-9,11-12,15-16,18,21-23H2,(H,40,43)(H,41,45)/b10-6-/t27-,28-,31+,32+,37-/m1/s1. The van der Waals surface area contributed by atoms with Crippen molar-refractivity contribution in [3.8, 4) is 5.88 Å². The number of allylic oxidation sites excluding steroid dienone is 1. The number of nitrogens with zero attached hydrogens (tertiary/aromatic N) is 2. The fraction of sp³-hybridized carbons (Fsp3) is 0.568. The maximum absolute atomic E-state index is 14.6. The zero-order chi connectivity index (χ0) is 34.2. The molecule has 3 heterocycles. The molecule has 4 bridgehead atoms. The van der Waals surface area contributed by atoms with Crippen LogP contribution in [-0.2, 0) is 24.4 Å². The summed E-state index contributed by atoms with van der Waals surface area (Å²) in [5.74, 6) is -1.22. The van der Waals surface area contributed by atoms with Crippen LogP contribution in [0, 0.1) is 11.8 Å². The van der Waals surface area contributed by atoms with E-state index in [1.165, 1.54) is 0 Å². The van der Waals surface area contributed by atoms with E-state index in [2.05, 4.69) is 51.2 Å². The van der Waals surface area contributed by atoms with Crippen molar-refractivity contribution in [1.29, 1.82) is 0 Å². The van der Waals surface area contributed by atoms with Gasteiger partial charge in [-0.05, 0) is 86.9 Å². The first-order valence-electron chi connectivity index (χ1n) is 17.9. The van der Waals surface area contributed by atoms with Gasteiger partial charge in [-0.1, -0.05) is 49.6 Å². The second-order valence-electron chi connectivity index (χ2n) is 14.5. The highest BCUT2D eigenvalue weighted by Gasteiger charge is 2.62. The van der Waals surface area contributed by atoms with Crippen LogP contribution in [0.15, 0.2) is 49.2 Å². The molecule has 3 amide bonds. The number of rotatable bonds is 7. The maximum atomic E-state index is 14.6. The maximum Gasteiger partial charge on any atom is 0.259 e. The second-order valence-corrected chi connectivity index (χ2v) is 16.4. The van der Waals surface area contributed by atoms with E-state index in [1.807, 2.05) is 12.1 Å². The fourth-order valence-corrected chi connectivity index (χ4v) is 9.24. The Morgan fingerprint density at radius 3 is 2.65 bits per heavy atom. The Balaban J connectivity index is 1.19. The number of hydrogen-bond donors (Lipinski definition) is 3. The van der Waals surface area contributed by atoms with Crippen molar-refractivity contribution >= 4 is 44.6 Å². The lowest BCUT2D eigenvalue weighted by Crippen LogP contribution is -2.58. The number of pyridine rings is 1. The van der Waals surface area contributed by atoms with Crippen LogP contribution in [-0.4, -0.2) is 78.1 Å². The van der Waals surface area contributed by atoms with Gasteiger partial charge in [0.05, 0.1) is 17.8 Å². The van der Waals surface area contributed by atoms with Gasteiger partial charge in [0.25, 0.3) is 5.91 Å². The lowest BCUT2D eigenvalue weighted by molar-refractivity contribution is -0.142. The number of amides is 3. The highest BCUT2D eigenvalue weighted by atomic mass is 32.2. The van der Waals surface area contributed by atoms with E-state index in [0.717, 1.165) is 67.7 Å². The van der Waals surface area contributed by atoms with Crippen molar-refractivity contribution in [1.82, 2.24) is 25.2 Å². The van der Waals surface area contributed by atoms with Gasteiger partial charge in [0.2, 0.25) is 27.7 Å². The average Bonchev–Trinajstić information content (AvgIpc) is 3.96. The Kier molecular flexibility index (Phi) is 9.54. The molecule has 5 atom stereocenters. The van der Waals surface area contributed by atoms with Gasteiger partial charge in [-0.25, -0.2) is 13.4 Å². The molecular weight excluding hydrogens is 643 g/mol. The monoisotopic (exact) mass is 689 g/mol. The first kappa shape index (κ1) is 33.7. The molecule has 2 aromatic rings. The topological polar surface area (TPSA) is 147 Å². The van der Waals surface area contributed by atoms with Gasteiger partial charge in [0.15, 0.2) is 0 Å². The van der Waals surface area contributed by atoms with Gasteiger partial charge in [-0.15, -0.1) is 6.58 Å². The predicted molar refractivity (Wildman–Crippen MR) is 187 cm³/mol. The minimum Gasteiger partial charge on any atom is -0.472 e. The van der Waals surface area contributed by atoms with Crippen molar-refractivity contribution in [3.63, 3.8) is 0 Å². The van der Waals surface area contributed by atoms with E-state index < -0.39 is 56.7 Å². The molecule has 0 radical (unpaired) electrons. The summed E-state index contributed by atoms with van der Waals surface area (Å²) >= 11 is 0. The molecule has 7 rings (SSSR count). The van der Waals surface area contributed by atoms with E-state index >= 15 is 0 Å². The summed E-state index contributed by atoms with van der Waals surface area (Å²) < 4.78 is 34.1. The molecule has 1 saturated heterocycles. The Labute approximate surface area is 288 Å². The molecule has 0 spiro atoms. The average molecular weight is 690 g/mol. The van der Waals surface area contributed by atoms with Crippen LogP contribution in [0.2, 0.25) is 0 Å². The van der Waals surface area contributed by atoms with Crippen LogP contribution in [0.25, 0.3) is 16.8 Å². The third-order valence-electron chi connectivity index (χ3n) is 11.0. The van der Waals surface area contributed by atoms with E-state index in [1.54, 1.807) is 17.2 Å². The van der Waals surface area contributed by atoms with Gasteiger partial charge < -0.3 is 20.3 Å². The Hall–Kier alpha value is -3.77. The second kappa shape index (κ2) is 13.9. The molecule has 4 fully saturated rings. The lowest BCUT2D eigenvalue weighted by atomic mass is 9.96. The Bertz CT molecular complexity index is 1750. The number of sulfonamides is 1. The van der Waals surface area contributed by atoms with Crippen molar-refractivity contribution in [3.05, 3.63) is 54.8 Å². The molecule has 11 nitrogen and oxygen atoms in total. The van der Waals surface area contributed by atoms with Gasteiger partial charge in [0.1, 0.15) is 17.7 Å². The van der Waals surface area contributed by atoms with E-state index in [9.17, 15) is 22.8 Å². The van der Waals surface area contributed by atoms with E-state index in [4.69, 9.17) is 4.74 Å². The highest BCUT2D eigenvalue weighted by molar-refractivity contribution is 7.91. The van der Waals surface area contributed by atoms with E-state index in [0.29, 0.717) is 25.3 Å². The number of nitrogens with one attached hydrogen (secondary N) is 3. The summed E-state index contributed by atoms with van der Waals surface area (Å²) in [6.07, 6.45) is 16.5. The van der Waals surface area contributed by atoms with Crippen molar-refractivity contribution in [2.24, 2.45) is 11.8 Å². The molecule has 2 aliphatic heterocycles. The number of aromatic nitrogens is 1. The van der Waals surface area contributed by atoms with Gasteiger partial charge in [-0.3, -0.25) is 19.1 Å². The van der Waals surface area contributed by atoms with E-state index in [-0.39, 0.29) is 31.2 Å². The first-order valence-corrected chi connectivity index (χ1v) is 19.5. The highest BCUT2D eigenvalue weighted by Crippen LogP contribution is 2.45. The minimum absolute atomic E-state index is 0.138. The summed E-state index contributed by atoms with van der Waals surface area (Å²) in [5.41, 5.74) is -0.396. The van der Waals surface area contributed by atoms with Crippen LogP contribution < -0.4 is 20.1 Å². The Morgan fingerprint density at radius 1 is 1.08 bits per heavy atom. The van der Waals surface area contributed by atoms with Crippen LogP contribution in [0.3, 0.4) is 0 Å². The molecule has 49 heavy (non-hydrogen) atoms. The molecule has 1 aromatic carbocycles. The normalized spacial score (nSPS) is 30.3. The van der Waals surface area contributed by atoms with Crippen LogP contribution in [0.5, 0.6) is 5.88 Å². The SMILES string of the molecule is C=C[C@@H]1C[C@]1(NC(=O)[C@@H]1C[C@@H]2CN1C(=O)[C@H](C1CCCC1)NCCCCC/C=C\c1ccc3ccnc(c3c1)O2)C(=O)NS(=O)(=O)C1CC1. The summed E-state index contributed by atoms with van der Waals surface area (Å²) in [7, 11) is -3.83. The summed E-state index contributed by atoms with van der Waals surface area (Å²) in [6, 6.07) is 6.74. The largest absolute Gasteiger partial charge is 0.472 e. The zero-order valence-electron chi connectivity index (χ0n) is 27.9. The quantitative estimate of drug-likeness (QED) is 0.370. The molecule has 3 N–H and O–H groups in total. The van der Waals surface area contributed by atoms with Gasteiger partial charge in [0, 0.05) is 23.9 Å². The molecule has 0 unspecified atom stereocenters. The van der Waals surface area contributed by atoms with Crippen molar-refractivity contribution in [2.75, 3.05) is 13.1 Å². The number of carbonyl (C=O) groups excluding carboxylic acids is 3. The molecule has 12 heteroatoms.